The molecule has 0 N–H and O–H groups in total. The molecule has 3 heteroatoms. The molecule has 0 aliphatic heterocycles. The van der Waals surface area contributed by atoms with Crippen LogP contribution < -0.4 is 4.90 Å². The molecule has 0 aliphatic rings. The van der Waals surface area contributed by atoms with E-state index in [-0.39, 0.29) is 0 Å². The first-order chi connectivity index (χ1) is 6.27. The number of nitrogens with zero attached hydrogens (tertiary/aromatic N) is 3. The molecule has 0 radical (unpaired) electrons. The molecule has 0 bridgehead atoms. The molecular weight excluding hydrogens is 162 g/mol. The molecule has 0 amide bonds. The van der Waals surface area contributed by atoms with Crippen molar-refractivity contribution in [1.29, 1.82) is 0 Å². The van der Waals surface area contributed by atoms with Gasteiger partial charge >= 0.3 is 0 Å². The Kier molecular flexibility index (Phi) is 3.68. The van der Waals surface area contributed by atoms with E-state index in [4.69, 9.17) is 0 Å². The molecule has 13 heavy (non-hydrogen) atoms. The lowest BCUT2D eigenvalue weighted by Gasteiger charge is -2.20. The zero-order chi connectivity index (χ0) is 9.68. The number of aryl methyl sites for hydroxylation is 1. The van der Waals surface area contributed by atoms with Gasteiger partial charge in [-0.1, -0.05) is 6.92 Å². The van der Waals surface area contributed by atoms with Crippen LogP contribution in [0.5, 0.6) is 0 Å². The van der Waals surface area contributed by atoms with Crippen LogP contribution in [0.15, 0.2) is 12.3 Å². The van der Waals surface area contributed by atoms with Crippen molar-refractivity contribution >= 4 is 5.82 Å². The van der Waals surface area contributed by atoms with Gasteiger partial charge in [0, 0.05) is 19.3 Å². The van der Waals surface area contributed by atoms with E-state index in [1.807, 2.05) is 19.2 Å². The van der Waals surface area contributed by atoms with Crippen LogP contribution in [0.3, 0.4) is 0 Å². The minimum atomic E-state index is 0.840. The molecule has 1 aromatic rings. The number of rotatable bonds is 4. The maximum absolute atomic E-state index is 4.38. The van der Waals surface area contributed by atoms with Gasteiger partial charge in [-0.05, 0) is 26.3 Å². The highest BCUT2D eigenvalue weighted by Crippen LogP contribution is 2.09. The molecule has 0 aliphatic carbocycles. The Hall–Kier alpha value is -1.12. The summed E-state index contributed by atoms with van der Waals surface area (Å²) >= 11 is 0. The van der Waals surface area contributed by atoms with Crippen LogP contribution in [0.4, 0.5) is 5.82 Å². The number of hydrogen-bond donors (Lipinski definition) is 0. The SMILES string of the molecule is CCCN(CC)c1ccnc(C)n1. The van der Waals surface area contributed by atoms with Gasteiger partial charge in [0.1, 0.15) is 11.6 Å². The topological polar surface area (TPSA) is 29.0 Å². The molecule has 0 fully saturated rings. The molecule has 3 nitrogen and oxygen atoms in total. The number of anilines is 1. The third-order valence-corrected chi connectivity index (χ3v) is 1.96. The second-order valence-corrected chi connectivity index (χ2v) is 3.04. The van der Waals surface area contributed by atoms with Crippen molar-refractivity contribution in [3.63, 3.8) is 0 Å². The highest BCUT2D eigenvalue weighted by Gasteiger charge is 2.03. The van der Waals surface area contributed by atoms with Crippen LogP contribution in [-0.4, -0.2) is 23.1 Å². The van der Waals surface area contributed by atoms with Crippen LogP contribution in [0, 0.1) is 6.92 Å². The largest absolute Gasteiger partial charge is 0.357 e. The van der Waals surface area contributed by atoms with E-state index in [1.165, 1.54) is 0 Å². The van der Waals surface area contributed by atoms with Crippen molar-refractivity contribution in [3.05, 3.63) is 18.1 Å². The summed E-state index contributed by atoms with van der Waals surface area (Å²) in [7, 11) is 0. The van der Waals surface area contributed by atoms with E-state index in [0.29, 0.717) is 0 Å². The van der Waals surface area contributed by atoms with Crippen molar-refractivity contribution in [2.45, 2.75) is 27.2 Å². The van der Waals surface area contributed by atoms with Crippen molar-refractivity contribution < 1.29 is 0 Å². The highest BCUT2D eigenvalue weighted by molar-refractivity contribution is 5.36. The quantitative estimate of drug-likeness (QED) is 0.708. The molecule has 0 atom stereocenters. The van der Waals surface area contributed by atoms with Crippen molar-refractivity contribution in [2.24, 2.45) is 0 Å². The van der Waals surface area contributed by atoms with Crippen molar-refractivity contribution in [2.75, 3.05) is 18.0 Å². The Morgan fingerprint density at radius 1 is 1.38 bits per heavy atom. The van der Waals surface area contributed by atoms with Gasteiger partial charge < -0.3 is 4.90 Å². The Morgan fingerprint density at radius 3 is 2.69 bits per heavy atom. The van der Waals surface area contributed by atoms with Crippen LogP contribution in [0.1, 0.15) is 26.1 Å². The van der Waals surface area contributed by atoms with Crippen molar-refractivity contribution in [3.8, 4) is 0 Å². The zero-order valence-electron chi connectivity index (χ0n) is 8.62. The zero-order valence-corrected chi connectivity index (χ0v) is 8.62. The normalized spacial score (nSPS) is 10.1. The average Bonchev–Trinajstić information content (AvgIpc) is 2.14. The van der Waals surface area contributed by atoms with E-state index in [9.17, 15) is 0 Å². The summed E-state index contributed by atoms with van der Waals surface area (Å²) in [6.45, 7) is 8.31. The van der Waals surface area contributed by atoms with E-state index in [1.54, 1.807) is 0 Å². The fraction of sp³-hybridized carbons (Fsp3) is 0.600. The molecule has 0 spiro atoms. The third kappa shape index (κ3) is 2.68. The monoisotopic (exact) mass is 179 g/mol. The standard InChI is InChI=1S/C10H17N3/c1-4-8-13(5-2)10-6-7-11-9(3)12-10/h6-7H,4-5,8H2,1-3H3. The predicted octanol–water partition coefficient (Wildman–Crippen LogP) is 2.02. The van der Waals surface area contributed by atoms with Gasteiger partial charge in [0.25, 0.3) is 0 Å². The molecule has 0 saturated heterocycles. The first kappa shape index (κ1) is 9.96. The summed E-state index contributed by atoms with van der Waals surface area (Å²) in [6.07, 6.45) is 2.97. The maximum atomic E-state index is 4.38. The molecule has 0 saturated carbocycles. The summed E-state index contributed by atoms with van der Waals surface area (Å²) in [5.41, 5.74) is 0. The van der Waals surface area contributed by atoms with Crippen LogP contribution in [-0.2, 0) is 0 Å². The molecule has 0 unspecified atom stereocenters. The van der Waals surface area contributed by atoms with Crippen LogP contribution >= 0.6 is 0 Å². The molecule has 1 heterocycles. The summed E-state index contributed by atoms with van der Waals surface area (Å²) in [6, 6.07) is 1.96. The van der Waals surface area contributed by atoms with E-state index < -0.39 is 0 Å². The Bertz CT molecular complexity index is 260. The van der Waals surface area contributed by atoms with Gasteiger partial charge in [0.15, 0.2) is 0 Å². The van der Waals surface area contributed by atoms with Gasteiger partial charge in [-0.25, -0.2) is 9.97 Å². The first-order valence-corrected chi connectivity index (χ1v) is 4.82. The van der Waals surface area contributed by atoms with Gasteiger partial charge in [0.2, 0.25) is 0 Å². The molecular formula is C10H17N3. The summed E-state index contributed by atoms with van der Waals surface area (Å²) in [5.74, 6) is 1.88. The summed E-state index contributed by atoms with van der Waals surface area (Å²) in [4.78, 5) is 10.7. The lowest BCUT2D eigenvalue weighted by atomic mass is 10.4. The van der Waals surface area contributed by atoms with Gasteiger partial charge in [0.05, 0.1) is 0 Å². The molecule has 0 aromatic carbocycles. The maximum Gasteiger partial charge on any atom is 0.132 e. The van der Waals surface area contributed by atoms with Crippen molar-refractivity contribution in [1.82, 2.24) is 9.97 Å². The fourth-order valence-electron chi connectivity index (χ4n) is 1.32. The second kappa shape index (κ2) is 4.80. The van der Waals surface area contributed by atoms with E-state index in [2.05, 4.69) is 28.7 Å². The highest BCUT2D eigenvalue weighted by atomic mass is 15.2. The third-order valence-electron chi connectivity index (χ3n) is 1.96. The Morgan fingerprint density at radius 2 is 2.15 bits per heavy atom. The van der Waals surface area contributed by atoms with Crippen LogP contribution in [0.2, 0.25) is 0 Å². The lowest BCUT2D eigenvalue weighted by molar-refractivity contribution is 0.772. The van der Waals surface area contributed by atoms with Crippen LogP contribution in [0.25, 0.3) is 0 Å². The molecule has 72 valence electrons. The number of aromatic nitrogens is 2. The molecule has 1 rings (SSSR count). The average molecular weight is 179 g/mol. The predicted molar refractivity (Wildman–Crippen MR) is 54.9 cm³/mol. The van der Waals surface area contributed by atoms with Gasteiger partial charge in [-0.3, -0.25) is 0 Å². The Balaban J connectivity index is 2.78. The first-order valence-electron chi connectivity index (χ1n) is 4.82. The Labute approximate surface area is 79.8 Å². The van der Waals surface area contributed by atoms with Gasteiger partial charge in [-0.2, -0.15) is 0 Å². The van der Waals surface area contributed by atoms with E-state index >= 15 is 0 Å². The lowest BCUT2D eigenvalue weighted by Crippen LogP contribution is -2.24. The minimum Gasteiger partial charge on any atom is -0.357 e. The fourth-order valence-corrected chi connectivity index (χ4v) is 1.32. The number of hydrogen-bond acceptors (Lipinski definition) is 3. The minimum absolute atomic E-state index is 0.840. The molecule has 1 aromatic heterocycles. The summed E-state index contributed by atoms with van der Waals surface area (Å²) in [5, 5.41) is 0. The van der Waals surface area contributed by atoms with Gasteiger partial charge in [-0.15, -0.1) is 0 Å². The van der Waals surface area contributed by atoms with E-state index in [0.717, 1.165) is 31.2 Å². The smallest absolute Gasteiger partial charge is 0.132 e. The second-order valence-electron chi connectivity index (χ2n) is 3.04. The summed E-state index contributed by atoms with van der Waals surface area (Å²) < 4.78 is 0.